The molecule has 1 aliphatic rings. The second-order valence-electron chi connectivity index (χ2n) is 5.41. The summed E-state index contributed by atoms with van der Waals surface area (Å²) in [6, 6.07) is 1.83. The molecule has 0 aliphatic carbocycles. The highest BCUT2D eigenvalue weighted by Crippen LogP contribution is 2.26. The molecule has 0 spiro atoms. The smallest absolute Gasteiger partial charge is 0.290 e. The summed E-state index contributed by atoms with van der Waals surface area (Å²) in [5, 5.41) is 14.0. The van der Waals surface area contributed by atoms with Gasteiger partial charge in [0, 0.05) is 18.7 Å². The van der Waals surface area contributed by atoms with Gasteiger partial charge in [-0.3, -0.25) is 10.1 Å². The Morgan fingerprint density at radius 2 is 2.20 bits per heavy atom. The van der Waals surface area contributed by atoms with Gasteiger partial charge in [0.05, 0.1) is 4.92 Å². The molecular weight excluding hydrogens is 256 g/mol. The summed E-state index contributed by atoms with van der Waals surface area (Å²) in [5.41, 5.74) is 0.773. The number of anilines is 1. The van der Waals surface area contributed by atoms with Crippen LogP contribution in [0.5, 0.6) is 0 Å². The van der Waals surface area contributed by atoms with Crippen molar-refractivity contribution in [1.82, 2.24) is 10.3 Å². The van der Waals surface area contributed by atoms with Crippen LogP contribution in [0, 0.1) is 23.0 Å². The van der Waals surface area contributed by atoms with Gasteiger partial charge in [-0.1, -0.05) is 0 Å². The Bertz CT molecular complexity index is 470. The molecule has 0 aromatic carbocycles. The summed E-state index contributed by atoms with van der Waals surface area (Å²) in [6.45, 7) is 4.81. The number of aryl methyl sites for hydroxylation is 1. The predicted molar refractivity (Wildman–Crippen MR) is 79.1 cm³/mol. The highest BCUT2D eigenvalue weighted by atomic mass is 16.6. The van der Waals surface area contributed by atoms with E-state index >= 15 is 0 Å². The third-order valence-corrected chi connectivity index (χ3v) is 4.01. The van der Waals surface area contributed by atoms with Crippen LogP contribution in [-0.2, 0) is 0 Å². The van der Waals surface area contributed by atoms with E-state index in [0.29, 0.717) is 5.56 Å². The summed E-state index contributed by atoms with van der Waals surface area (Å²) in [4.78, 5) is 16.9. The van der Waals surface area contributed by atoms with E-state index in [-0.39, 0.29) is 10.6 Å². The lowest BCUT2D eigenvalue weighted by Gasteiger charge is -2.32. The van der Waals surface area contributed by atoms with Gasteiger partial charge >= 0.3 is 0 Å². The maximum absolute atomic E-state index is 10.8. The molecule has 1 N–H and O–H groups in total. The van der Waals surface area contributed by atoms with Crippen molar-refractivity contribution in [2.45, 2.75) is 26.2 Å². The van der Waals surface area contributed by atoms with Crippen molar-refractivity contribution < 1.29 is 4.92 Å². The number of piperidine rings is 1. The standard InChI is InChI=1S/C14H22N4O2/c1-11-9-14(16-10-13(11)18(19)20)17-7-4-12(5-8-17)3-6-15-2/h9-10,12,15H,3-8H2,1-2H3. The molecule has 1 aromatic rings. The van der Waals surface area contributed by atoms with Gasteiger partial charge < -0.3 is 10.2 Å². The molecule has 0 amide bonds. The van der Waals surface area contributed by atoms with E-state index < -0.39 is 0 Å². The average Bonchev–Trinajstić information content (AvgIpc) is 2.45. The van der Waals surface area contributed by atoms with E-state index in [4.69, 9.17) is 0 Å². The van der Waals surface area contributed by atoms with Gasteiger partial charge in [0.15, 0.2) is 0 Å². The first-order valence-electron chi connectivity index (χ1n) is 7.12. The Labute approximate surface area is 119 Å². The Morgan fingerprint density at radius 3 is 2.75 bits per heavy atom. The van der Waals surface area contributed by atoms with Crippen LogP contribution in [-0.4, -0.2) is 36.6 Å². The molecule has 1 fully saturated rings. The molecule has 2 heterocycles. The van der Waals surface area contributed by atoms with E-state index in [1.165, 1.54) is 25.5 Å². The number of hydrogen-bond donors (Lipinski definition) is 1. The fourth-order valence-corrected chi connectivity index (χ4v) is 2.70. The summed E-state index contributed by atoms with van der Waals surface area (Å²) in [7, 11) is 1.98. The van der Waals surface area contributed by atoms with Gasteiger partial charge in [-0.05, 0) is 51.8 Å². The molecule has 1 aliphatic heterocycles. The molecule has 20 heavy (non-hydrogen) atoms. The van der Waals surface area contributed by atoms with E-state index in [9.17, 15) is 10.1 Å². The molecule has 0 unspecified atom stereocenters. The minimum absolute atomic E-state index is 0.0951. The van der Waals surface area contributed by atoms with E-state index in [1.54, 1.807) is 6.92 Å². The van der Waals surface area contributed by atoms with Gasteiger partial charge in [-0.25, -0.2) is 4.98 Å². The van der Waals surface area contributed by atoms with Crippen molar-refractivity contribution in [3.8, 4) is 0 Å². The van der Waals surface area contributed by atoms with Crippen molar-refractivity contribution in [2.75, 3.05) is 31.6 Å². The van der Waals surface area contributed by atoms with Crippen molar-refractivity contribution in [3.63, 3.8) is 0 Å². The zero-order valence-electron chi connectivity index (χ0n) is 12.1. The SMILES string of the molecule is CNCCC1CCN(c2cc(C)c([N+](=O)[O-])cn2)CC1. The second kappa shape index (κ2) is 6.65. The fraction of sp³-hybridized carbons (Fsp3) is 0.643. The van der Waals surface area contributed by atoms with Crippen LogP contribution in [0.3, 0.4) is 0 Å². The molecule has 6 nitrogen and oxygen atoms in total. The van der Waals surface area contributed by atoms with Gasteiger partial charge in [0.25, 0.3) is 5.69 Å². The average molecular weight is 278 g/mol. The van der Waals surface area contributed by atoms with Gasteiger partial charge in [-0.15, -0.1) is 0 Å². The van der Waals surface area contributed by atoms with Crippen LogP contribution in [0.15, 0.2) is 12.3 Å². The predicted octanol–water partition coefficient (Wildman–Crippen LogP) is 2.12. The van der Waals surface area contributed by atoms with Crippen molar-refractivity contribution >= 4 is 11.5 Å². The van der Waals surface area contributed by atoms with Gasteiger partial charge in [0.1, 0.15) is 12.0 Å². The molecule has 110 valence electrons. The largest absolute Gasteiger partial charge is 0.357 e. The van der Waals surface area contributed by atoms with Gasteiger partial charge in [-0.2, -0.15) is 0 Å². The van der Waals surface area contributed by atoms with E-state index in [0.717, 1.165) is 31.4 Å². The zero-order chi connectivity index (χ0) is 14.5. The maximum Gasteiger partial charge on any atom is 0.290 e. The second-order valence-corrected chi connectivity index (χ2v) is 5.41. The minimum atomic E-state index is -0.379. The van der Waals surface area contributed by atoms with Crippen LogP contribution in [0.1, 0.15) is 24.8 Å². The lowest BCUT2D eigenvalue weighted by Crippen LogP contribution is -2.35. The molecule has 1 saturated heterocycles. The molecule has 0 atom stereocenters. The summed E-state index contributed by atoms with van der Waals surface area (Å²) >= 11 is 0. The number of hydrogen-bond acceptors (Lipinski definition) is 5. The number of pyridine rings is 1. The van der Waals surface area contributed by atoms with Crippen LogP contribution in [0.4, 0.5) is 11.5 Å². The monoisotopic (exact) mass is 278 g/mol. The highest BCUT2D eigenvalue weighted by Gasteiger charge is 2.21. The first kappa shape index (κ1) is 14.7. The zero-order valence-corrected chi connectivity index (χ0v) is 12.1. The van der Waals surface area contributed by atoms with Gasteiger partial charge in [0.2, 0.25) is 0 Å². The molecule has 0 saturated carbocycles. The summed E-state index contributed by atoms with van der Waals surface area (Å²) in [5.74, 6) is 1.64. The molecule has 1 aromatic heterocycles. The minimum Gasteiger partial charge on any atom is -0.357 e. The lowest BCUT2D eigenvalue weighted by atomic mass is 9.93. The molecule has 6 heteroatoms. The van der Waals surface area contributed by atoms with Crippen LogP contribution in [0.2, 0.25) is 0 Å². The van der Waals surface area contributed by atoms with Crippen molar-refractivity contribution in [3.05, 3.63) is 27.9 Å². The Morgan fingerprint density at radius 1 is 1.50 bits per heavy atom. The molecule has 2 rings (SSSR count). The third kappa shape index (κ3) is 3.45. The number of nitrogens with one attached hydrogen (secondary N) is 1. The molecule has 0 bridgehead atoms. The normalized spacial score (nSPS) is 16.4. The number of nitrogens with zero attached hydrogens (tertiary/aromatic N) is 3. The first-order valence-corrected chi connectivity index (χ1v) is 7.12. The molecule has 0 radical (unpaired) electrons. The van der Waals surface area contributed by atoms with E-state index in [1.807, 2.05) is 13.1 Å². The quantitative estimate of drug-likeness (QED) is 0.660. The van der Waals surface area contributed by atoms with Crippen LogP contribution in [0.25, 0.3) is 0 Å². The summed E-state index contributed by atoms with van der Waals surface area (Å²) in [6.07, 6.45) is 4.92. The Balaban J connectivity index is 1.97. The first-order chi connectivity index (χ1) is 9.61. The lowest BCUT2D eigenvalue weighted by molar-refractivity contribution is -0.385. The fourth-order valence-electron chi connectivity index (χ4n) is 2.70. The topological polar surface area (TPSA) is 71.3 Å². The number of nitro groups is 1. The number of aromatic nitrogens is 1. The van der Waals surface area contributed by atoms with E-state index in [2.05, 4.69) is 15.2 Å². The maximum atomic E-state index is 10.8. The summed E-state index contributed by atoms with van der Waals surface area (Å²) < 4.78 is 0. The Kier molecular flexibility index (Phi) is 4.89. The van der Waals surface area contributed by atoms with Crippen molar-refractivity contribution in [1.29, 1.82) is 0 Å². The molecular formula is C14H22N4O2. The Hall–Kier alpha value is -1.69. The highest BCUT2D eigenvalue weighted by molar-refractivity contribution is 5.48. The van der Waals surface area contributed by atoms with Crippen molar-refractivity contribution in [2.24, 2.45) is 5.92 Å². The van der Waals surface area contributed by atoms with Crippen LogP contribution < -0.4 is 10.2 Å². The third-order valence-electron chi connectivity index (χ3n) is 4.01. The van der Waals surface area contributed by atoms with Crippen LogP contribution >= 0.6 is 0 Å². The number of rotatable bonds is 5.